The molecule has 0 unspecified atom stereocenters. The summed E-state index contributed by atoms with van der Waals surface area (Å²) in [7, 11) is 3.56. The second-order valence-corrected chi connectivity index (χ2v) is 6.55. The van der Waals surface area contributed by atoms with Gasteiger partial charge in [-0.05, 0) is 37.2 Å². The Morgan fingerprint density at radius 1 is 1.16 bits per heavy atom. The first-order valence-electron chi connectivity index (χ1n) is 9.39. The highest BCUT2D eigenvalue weighted by Gasteiger charge is 2.21. The number of nitrogens with one attached hydrogen (secondary N) is 1. The number of guanidine groups is 1. The lowest BCUT2D eigenvalue weighted by Crippen LogP contribution is -2.46. The highest BCUT2D eigenvalue weighted by atomic mass is 16.5. The van der Waals surface area contributed by atoms with Gasteiger partial charge in [-0.1, -0.05) is 30.3 Å². The number of rotatable bonds is 9. The number of methoxy groups -OCH3 is 1. The average Bonchev–Trinajstić information content (AvgIpc) is 2.66. The minimum absolute atomic E-state index is 0.660. The largest absolute Gasteiger partial charge is 0.382 e. The maximum absolute atomic E-state index is 5.49. The van der Waals surface area contributed by atoms with Gasteiger partial charge in [-0.2, -0.15) is 0 Å². The van der Waals surface area contributed by atoms with Crippen LogP contribution in [0.5, 0.6) is 0 Å². The fraction of sp³-hybridized carbons (Fsp3) is 0.650. The number of likely N-dealkylation sites (tertiary alicyclic amines) is 1. The van der Waals surface area contributed by atoms with Crippen molar-refractivity contribution in [2.24, 2.45) is 10.9 Å². The maximum Gasteiger partial charge on any atom is 0.193 e. The second-order valence-electron chi connectivity index (χ2n) is 6.55. The molecule has 1 saturated heterocycles. The monoisotopic (exact) mass is 347 g/mol. The molecule has 0 amide bonds. The van der Waals surface area contributed by atoms with Gasteiger partial charge in [0, 0.05) is 40.4 Å². The summed E-state index contributed by atoms with van der Waals surface area (Å²) in [5.74, 6) is 1.81. The summed E-state index contributed by atoms with van der Waals surface area (Å²) in [5, 5.41) is 3.46. The minimum atomic E-state index is 0.660. The van der Waals surface area contributed by atoms with Gasteiger partial charge in [0.2, 0.25) is 0 Å². The van der Waals surface area contributed by atoms with E-state index in [1.807, 2.05) is 7.05 Å². The number of piperidine rings is 1. The Bertz CT molecular complexity index is 485. The lowest BCUT2D eigenvalue weighted by atomic mass is 9.90. The summed E-state index contributed by atoms with van der Waals surface area (Å²) in [4.78, 5) is 6.82. The van der Waals surface area contributed by atoms with Crippen molar-refractivity contribution in [3.05, 3.63) is 35.9 Å². The molecule has 5 nitrogen and oxygen atoms in total. The molecule has 1 heterocycles. The summed E-state index contributed by atoms with van der Waals surface area (Å²) in [6.07, 6.45) is 4.64. The van der Waals surface area contributed by atoms with Gasteiger partial charge in [-0.25, -0.2) is 0 Å². The van der Waals surface area contributed by atoms with Crippen LogP contribution in [0.2, 0.25) is 0 Å². The van der Waals surface area contributed by atoms with Crippen molar-refractivity contribution >= 4 is 5.96 Å². The summed E-state index contributed by atoms with van der Waals surface area (Å²) < 4.78 is 10.5. The highest BCUT2D eigenvalue weighted by molar-refractivity contribution is 5.79. The number of hydrogen-bond acceptors (Lipinski definition) is 3. The van der Waals surface area contributed by atoms with Crippen molar-refractivity contribution in [2.75, 3.05) is 53.6 Å². The summed E-state index contributed by atoms with van der Waals surface area (Å²) in [6.45, 7) is 5.15. The van der Waals surface area contributed by atoms with Crippen LogP contribution in [0.1, 0.15) is 24.8 Å². The first kappa shape index (κ1) is 19.7. The van der Waals surface area contributed by atoms with Gasteiger partial charge in [0.25, 0.3) is 0 Å². The van der Waals surface area contributed by atoms with Crippen LogP contribution in [0.15, 0.2) is 35.3 Å². The zero-order chi connectivity index (χ0) is 17.7. The van der Waals surface area contributed by atoms with Gasteiger partial charge in [0.1, 0.15) is 0 Å². The fourth-order valence-electron chi connectivity index (χ4n) is 3.25. The smallest absolute Gasteiger partial charge is 0.193 e. The molecule has 1 aliphatic heterocycles. The highest BCUT2D eigenvalue weighted by Crippen LogP contribution is 2.21. The molecule has 2 rings (SSSR count). The SMILES string of the molecule is CN=C(NCCCOCCOC)N1CCC(Cc2ccccc2)CC1. The van der Waals surface area contributed by atoms with Crippen LogP contribution in [0, 0.1) is 5.92 Å². The maximum atomic E-state index is 5.49. The van der Waals surface area contributed by atoms with E-state index in [1.165, 1.54) is 24.8 Å². The molecule has 1 aromatic rings. The zero-order valence-corrected chi connectivity index (χ0v) is 15.7. The standard InChI is InChI=1S/C20H33N3O2/c1-21-20(22-11-6-14-25-16-15-24-2)23-12-9-19(10-13-23)17-18-7-4-3-5-8-18/h3-5,7-8,19H,6,9-17H2,1-2H3,(H,21,22). The van der Waals surface area contributed by atoms with Crippen molar-refractivity contribution in [1.82, 2.24) is 10.2 Å². The Hall–Kier alpha value is -1.59. The molecule has 140 valence electrons. The minimum Gasteiger partial charge on any atom is -0.382 e. The predicted octanol–water partition coefficient (Wildman–Crippen LogP) is 2.57. The molecule has 1 N–H and O–H groups in total. The quantitative estimate of drug-likeness (QED) is 0.424. The molecule has 0 saturated carbocycles. The fourth-order valence-corrected chi connectivity index (χ4v) is 3.25. The van der Waals surface area contributed by atoms with Crippen LogP contribution in [0.3, 0.4) is 0 Å². The molecule has 5 heteroatoms. The molecular formula is C20H33N3O2. The van der Waals surface area contributed by atoms with Crippen molar-refractivity contribution in [2.45, 2.75) is 25.7 Å². The number of ether oxygens (including phenoxy) is 2. The molecule has 1 aliphatic rings. The molecule has 0 aliphatic carbocycles. The van der Waals surface area contributed by atoms with Gasteiger partial charge in [0.15, 0.2) is 5.96 Å². The van der Waals surface area contributed by atoms with Gasteiger partial charge >= 0.3 is 0 Å². The predicted molar refractivity (Wildman–Crippen MR) is 103 cm³/mol. The molecule has 0 atom stereocenters. The molecule has 1 aromatic carbocycles. The summed E-state index contributed by atoms with van der Waals surface area (Å²) in [6, 6.07) is 10.8. The van der Waals surface area contributed by atoms with E-state index in [1.54, 1.807) is 7.11 Å². The lowest BCUT2D eigenvalue weighted by Gasteiger charge is -2.34. The van der Waals surface area contributed by atoms with E-state index in [4.69, 9.17) is 9.47 Å². The third kappa shape index (κ3) is 7.45. The number of benzene rings is 1. The molecule has 1 fully saturated rings. The molecular weight excluding hydrogens is 314 g/mol. The van der Waals surface area contributed by atoms with Gasteiger partial charge in [-0.15, -0.1) is 0 Å². The van der Waals surface area contributed by atoms with Crippen LogP contribution in [-0.4, -0.2) is 64.5 Å². The number of aliphatic imine (C=N–C) groups is 1. The zero-order valence-electron chi connectivity index (χ0n) is 15.7. The van der Waals surface area contributed by atoms with Gasteiger partial charge < -0.3 is 19.7 Å². The van der Waals surface area contributed by atoms with Crippen molar-refractivity contribution in [3.63, 3.8) is 0 Å². The van der Waals surface area contributed by atoms with E-state index < -0.39 is 0 Å². The Morgan fingerprint density at radius 2 is 1.92 bits per heavy atom. The van der Waals surface area contributed by atoms with E-state index in [0.717, 1.165) is 44.5 Å². The van der Waals surface area contributed by atoms with Crippen LogP contribution >= 0.6 is 0 Å². The van der Waals surface area contributed by atoms with Crippen molar-refractivity contribution in [3.8, 4) is 0 Å². The summed E-state index contributed by atoms with van der Waals surface area (Å²) >= 11 is 0. The van der Waals surface area contributed by atoms with E-state index in [-0.39, 0.29) is 0 Å². The third-order valence-corrected chi connectivity index (χ3v) is 4.67. The van der Waals surface area contributed by atoms with Crippen LogP contribution < -0.4 is 5.32 Å². The first-order chi connectivity index (χ1) is 12.3. The topological polar surface area (TPSA) is 46.1 Å². The van der Waals surface area contributed by atoms with Gasteiger partial charge in [0.05, 0.1) is 13.2 Å². The van der Waals surface area contributed by atoms with Crippen molar-refractivity contribution < 1.29 is 9.47 Å². The Balaban J connectivity index is 1.62. The Morgan fingerprint density at radius 3 is 2.60 bits per heavy atom. The molecule has 0 radical (unpaired) electrons. The van der Waals surface area contributed by atoms with E-state index >= 15 is 0 Å². The normalized spacial score (nSPS) is 16.2. The van der Waals surface area contributed by atoms with Crippen LogP contribution in [0.25, 0.3) is 0 Å². The third-order valence-electron chi connectivity index (χ3n) is 4.67. The van der Waals surface area contributed by atoms with Gasteiger partial charge in [-0.3, -0.25) is 4.99 Å². The van der Waals surface area contributed by atoms with Crippen LogP contribution in [0.4, 0.5) is 0 Å². The molecule has 0 spiro atoms. The Kier molecular flexibility index (Phi) is 9.37. The van der Waals surface area contributed by atoms with Crippen molar-refractivity contribution in [1.29, 1.82) is 0 Å². The first-order valence-corrected chi connectivity index (χ1v) is 9.39. The van der Waals surface area contributed by atoms with E-state index in [9.17, 15) is 0 Å². The summed E-state index contributed by atoms with van der Waals surface area (Å²) in [5.41, 5.74) is 1.46. The Labute approximate surface area is 152 Å². The molecule has 25 heavy (non-hydrogen) atoms. The van der Waals surface area contributed by atoms with E-state index in [2.05, 4.69) is 45.5 Å². The lowest BCUT2D eigenvalue weighted by molar-refractivity contribution is 0.0698. The number of nitrogens with zero attached hydrogens (tertiary/aromatic N) is 2. The molecule has 0 aromatic heterocycles. The molecule has 0 bridgehead atoms. The second kappa shape index (κ2) is 11.9. The van der Waals surface area contributed by atoms with E-state index in [0.29, 0.717) is 13.2 Å². The van der Waals surface area contributed by atoms with Crippen LogP contribution in [-0.2, 0) is 15.9 Å². The number of hydrogen-bond donors (Lipinski definition) is 1. The average molecular weight is 348 g/mol.